The van der Waals surface area contributed by atoms with E-state index in [2.05, 4.69) is 46.2 Å². The fourth-order valence-electron chi connectivity index (χ4n) is 4.27. The van der Waals surface area contributed by atoms with Crippen LogP contribution in [0, 0.1) is 6.92 Å². The number of aryl methyl sites for hydroxylation is 1. The summed E-state index contributed by atoms with van der Waals surface area (Å²) in [7, 11) is 0. The Hall–Kier alpha value is -1.40. The van der Waals surface area contributed by atoms with E-state index in [0.717, 1.165) is 17.3 Å². The quantitative estimate of drug-likeness (QED) is 0.728. The van der Waals surface area contributed by atoms with Crippen LogP contribution in [0.2, 0.25) is 0 Å². The third kappa shape index (κ3) is 6.04. The standard InChI is InChI=1S/C21H38N6/c1-4-10-26-12-6-18(7-13-26)23-20-17(3)16-22-21(25-20)24-19-8-14-27(11-5-2)15-9-19/h16,18-19H,4-15H2,1-3H3,(H2,22,23,24,25). The molecule has 1 aromatic heterocycles. The molecule has 0 unspecified atom stereocenters. The highest BCUT2D eigenvalue weighted by atomic mass is 15.2. The molecule has 0 amide bonds. The van der Waals surface area contributed by atoms with Crippen molar-refractivity contribution in [2.75, 3.05) is 49.9 Å². The van der Waals surface area contributed by atoms with E-state index in [4.69, 9.17) is 4.98 Å². The largest absolute Gasteiger partial charge is 0.367 e. The fourth-order valence-corrected chi connectivity index (χ4v) is 4.27. The van der Waals surface area contributed by atoms with Gasteiger partial charge in [-0.3, -0.25) is 0 Å². The predicted octanol–water partition coefficient (Wildman–Crippen LogP) is 3.36. The van der Waals surface area contributed by atoms with E-state index in [-0.39, 0.29) is 0 Å². The van der Waals surface area contributed by atoms with E-state index in [1.807, 2.05) is 6.20 Å². The molecule has 0 saturated carbocycles. The average molecular weight is 375 g/mol. The number of nitrogens with one attached hydrogen (secondary N) is 2. The summed E-state index contributed by atoms with van der Waals surface area (Å²) in [6, 6.07) is 1.02. The second-order valence-electron chi connectivity index (χ2n) is 8.25. The van der Waals surface area contributed by atoms with Gasteiger partial charge in [0.25, 0.3) is 0 Å². The van der Waals surface area contributed by atoms with Gasteiger partial charge in [0.1, 0.15) is 5.82 Å². The summed E-state index contributed by atoms with van der Waals surface area (Å²) >= 11 is 0. The van der Waals surface area contributed by atoms with Crippen LogP contribution in [0.5, 0.6) is 0 Å². The Morgan fingerprint density at radius 1 is 0.889 bits per heavy atom. The summed E-state index contributed by atoms with van der Waals surface area (Å²) in [5.74, 6) is 1.78. The monoisotopic (exact) mass is 374 g/mol. The Bertz CT molecular complexity index is 562. The van der Waals surface area contributed by atoms with Crippen molar-refractivity contribution in [3.63, 3.8) is 0 Å². The Morgan fingerprint density at radius 3 is 1.93 bits per heavy atom. The van der Waals surface area contributed by atoms with Crippen LogP contribution in [0.15, 0.2) is 6.20 Å². The highest BCUT2D eigenvalue weighted by molar-refractivity contribution is 5.47. The SMILES string of the molecule is CCCN1CCC(Nc2ncc(C)c(NC3CCN(CCC)CC3)n2)CC1. The number of piperidine rings is 2. The Kier molecular flexibility index (Phi) is 7.70. The van der Waals surface area contributed by atoms with Crippen LogP contribution in [0.25, 0.3) is 0 Å². The molecule has 2 aliphatic rings. The molecule has 2 aliphatic heterocycles. The summed E-state index contributed by atoms with van der Waals surface area (Å²) in [6.07, 6.45) is 9.19. The van der Waals surface area contributed by atoms with Gasteiger partial charge in [0.05, 0.1) is 0 Å². The van der Waals surface area contributed by atoms with Gasteiger partial charge in [-0.05, 0) is 58.5 Å². The molecular weight excluding hydrogens is 336 g/mol. The van der Waals surface area contributed by atoms with Gasteiger partial charge in [-0.2, -0.15) is 4.98 Å². The number of aromatic nitrogens is 2. The molecule has 0 bridgehead atoms. The number of likely N-dealkylation sites (tertiary alicyclic amines) is 2. The van der Waals surface area contributed by atoms with Gasteiger partial charge in [0.15, 0.2) is 0 Å². The van der Waals surface area contributed by atoms with Crippen molar-refractivity contribution in [1.29, 1.82) is 0 Å². The highest BCUT2D eigenvalue weighted by Gasteiger charge is 2.21. The van der Waals surface area contributed by atoms with Crippen LogP contribution in [0.1, 0.15) is 57.9 Å². The zero-order valence-electron chi connectivity index (χ0n) is 17.5. The number of anilines is 2. The van der Waals surface area contributed by atoms with Crippen molar-refractivity contribution in [2.24, 2.45) is 0 Å². The van der Waals surface area contributed by atoms with E-state index in [0.29, 0.717) is 12.1 Å². The van der Waals surface area contributed by atoms with Gasteiger partial charge in [0, 0.05) is 50.0 Å². The first-order valence-electron chi connectivity index (χ1n) is 11.0. The first-order valence-corrected chi connectivity index (χ1v) is 11.0. The van der Waals surface area contributed by atoms with Gasteiger partial charge in [0.2, 0.25) is 5.95 Å². The molecule has 3 rings (SSSR count). The van der Waals surface area contributed by atoms with Crippen LogP contribution in [-0.2, 0) is 0 Å². The van der Waals surface area contributed by atoms with E-state index in [1.165, 1.54) is 77.8 Å². The molecule has 27 heavy (non-hydrogen) atoms. The zero-order valence-corrected chi connectivity index (χ0v) is 17.5. The predicted molar refractivity (Wildman–Crippen MR) is 114 cm³/mol. The summed E-state index contributed by atoms with van der Waals surface area (Å²) < 4.78 is 0. The lowest BCUT2D eigenvalue weighted by atomic mass is 10.0. The van der Waals surface area contributed by atoms with Crippen molar-refractivity contribution in [3.05, 3.63) is 11.8 Å². The van der Waals surface area contributed by atoms with Gasteiger partial charge in [-0.15, -0.1) is 0 Å². The Balaban J connectivity index is 1.51. The first-order chi connectivity index (χ1) is 13.2. The van der Waals surface area contributed by atoms with Gasteiger partial charge >= 0.3 is 0 Å². The van der Waals surface area contributed by atoms with Crippen LogP contribution < -0.4 is 10.6 Å². The first kappa shape index (κ1) is 20.3. The average Bonchev–Trinajstić information content (AvgIpc) is 2.68. The van der Waals surface area contributed by atoms with E-state index >= 15 is 0 Å². The maximum atomic E-state index is 4.81. The Morgan fingerprint density at radius 2 is 1.41 bits per heavy atom. The second-order valence-corrected chi connectivity index (χ2v) is 8.25. The normalized spacial score (nSPS) is 20.7. The molecule has 6 nitrogen and oxygen atoms in total. The molecule has 0 aromatic carbocycles. The van der Waals surface area contributed by atoms with E-state index in [9.17, 15) is 0 Å². The van der Waals surface area contributed by atoms with Gasteiger partial charge in [-0.25, -0.2) is 4.98 Å². The summed E-state index contributed by atoms with van der Waals surface area (Å²) in [5, 5.41) is 7.26. The molecule has 0 atom stereocenters. The van der Waals surface area contributed by atoms with Crippen molar-refractivity contribution >= 4 is 11.8 Å². The van der Waals surface area contributed by atoms with Crippen LogP contribution in [0.3, 0.4) is 0 Å². The topological polar surface area (TPSA) is 56.3 Å². The van der Waals surface area contributed by atoms with Crippen molar-refractivity contribution in [3.8, 4) is 0 Å². The molecule has 0 radical (unpaired) electrons. The number of hydrogen-bond acceptors (Lipinski definition) is 6. The third-order valence-electron chi connectivity index (χ3n) is 5.90. The molecule has 0 aliphatic carbocycles. The highest BCUT2D eigenvalue weighted by Crippen LogP contribution is 2.20. The molecule has 2 fully saturated rings. The lowest BCUT2D eigenvalue weighted by Gasteiger charge is -2.33. The van der Waals surface area contributed by atoms with Crippen molar-refractivity contribution in [2.45, 2.75) is 71.4 Å². The lowest BCUT2D eigenvalue weighted by Crippen LogP contribution is -2.40. The number of nitrogens with zero attached hydrogens (tertiary/aromatic N) is 4. The smallest absolute Gasteiger partial charge is 0.224 e. The minimum Gasteiger partial charge on any atom is -0.367 e. The van der Waals surface area contributed by atoms with E-state index < -0.39 is 0 Å². The zero-order chi connectivity index (χ0) is 19.1. The van der Waals surface area contributed by atoms with Crippen molar-refractivity contribution in [1.82, 2.24) is 19.8 Å². The lowest BCUT2D eigenvalue weighted by molar-refractivity contribution is 0.219. The molecule has 3 heterocycles. The van der Waals surface area contributed by atoms with Gasteiger partial charge in [-0.1, -0.05) is 13.8 Å². The second kappa shape index (κ2) is 10.2. The number of rotatable bonds is 8. The van der Waals surface area contributed by atoms with Crippen LogP contribution in [0.4, 0.5) is 11.8 Å². The molecule has 6 heteroatoms. The van der Waals surface area contributed by atoms with Crippen LogP contribution in [-0.4, -0.2) is 71.1 Å². The molecule has 1 aromatic rings. The molecule has 2 saturated heterocycles. The maximum absolute atomic E-state index is 4.81. The van der Waals surface area contributed by atoms with E-state index in [1.54, 1.807) is 0 Å². The Labute approximate surface area is 165 Å². The minimum absolute atomic E-state index is 0.492. The summed E-state index contributed by atoms with van der Waals surface area (Å²) in [4.78, 5) is 14.5. The number of hydrogen-bond donors (Lipinski definition) is 2. The van der Waals surface area contributed by atoms with Gasteiger partial charge < -0.3 is 20.4 Å². The third-order valence-corrected chi connectivity index (χ3v) is 5.90. The van der Waals surface area contributed by atoms with Crippen LogP contribution >= 0.6 is 0 Å². The molecule has 0 spiro atoms. The molecular formula is C21H38N6. The summed E-state index contributed by atoms with van der Waals surface area (Å²) in [5.41, 5.74) is 1.13. The fraction of sp³-hybridized carbons (Fsp3) is 0.810. The molecule has 152 valence electrons. The summed E-state index contributed by atoms with van der Waals surface area (Å²) in [6.45, 7) is 13.8. The maximum Gasteiger partial charge on any atom is 0.224 e. The minimum atomic E-state index is 0.492. The van der Waals surface area contributed by atoms with Crippen molar-refractivity contribution < 1.29 is 0 Å². The molecule has 2 N–H and O–H groups in total.